The molecular formula is C22H43BrN7O6P. The molecule has 3 rings (SSSR count). The second-order valence-corrected chi connectivity index (χ2v) is 10.3. The van der Waals surface area contributed by atoms with Crippen LogP contribution in [-0.4, -0.2) is 82.7 Å². The summed E-state index contributed by atoms with van der Waals surface area (Å²) >= 11 is 3.26. The Kier molecular flexibility index (Phi) is 15.2. The lowest BCUT2D eigenvalue weighted by molar-refractivity contribution is -0.894. The number of rotatable bonds is 10. The molecule has 37 heavy (non-hydrogen) atoms. The minimum absolute atomic E-state index is 0.129. The van der Waals surface area contributed by atoms with Crippen molar-refractivity contribution in [1.29, 1.82) is 0 Å². The average molecular weight is 613 g/mol. The largest absolute Gasteiger partial charge is 0.790 e. The van der Waals surface area contributed by atoms with E-state index in [9.17, 15) is 19.5 Å². The molecule has 13 nitrogen and oxygen atoms in total. The Bertz CT molecular complexity index is 947. The number of halogens is 1. The van der Waals surface area contributed by atoms with Gasteiger partial charge in [0.25, 0.3) is 0 Å². The quantitative estimate of drug-likeness (QED) is 0.183. The summed E-state index contributed by atoms with van der Waals surface area (Å²) in [6.45, 7) is 20.4. The number of nitrogens with zero attached hydrogens (tertiary/aromatic N) is 4. The third kappa shape index (κ3) is 10.8. The molecule has 0 radical (unpaired) electrons. The van der Waals surface area contributed by atoms with Crippen molar-refractivity contribution >= 4 is 40.7 Å². The van der Waals surface area contributed by atoms with E-state index in [0.717, 1.165) is 0 Å². The Balaban J connectivity index is 0.000000404. The van der Waals surface area contributed by atoms with E-state index in [2.05, 4.69) is 76.9 Å². The highest BCUT2D eigenvalue weighted by atomic mass is 79.9. The number of anilines is 1. The van der Waals surface area contributed by atoms with E-state index in [1.54, 1.807) is 14.4 Å². The van der Waals surface area contributed by atoms with Gasteiger partial charge in [0.1, 0.15) is 18.7 Å². The highest BCUT2D eigenvalue weighted by molar-refractivity contribution is 9.10. The zero-order valence-electron chi connectivity index (χ0n) is 22.6. The van der Waals surface area contributed by atoms with Gasteiger partial charge < -0.3 is 44.3 Å². The first-order chi connectivity index (χ1) is 17.5. The molecule has 1 saturated heterocycles. The van der Waals surface area contributed by atoms with Gasteiger partial charge in [-0.25, -0.2) is 15.0 Å². The van der Waals surface area contributed by atoms with Crippen molar-refractivity contribution < 1.29 is 38.5 Å². The minimum Gasteiger partial charge on any atom is -0.790 e. The van der Waals surface area contributed by atoms with E-state index in [-0.39, 0.29) is 12.2 Å². The van der Waals surface area contributed by atoms with Crippen molar-refractivity contribution in [2.45, 2.75) is 66.4 Å². The van der Waals surface area contributed by atoms with Crippen molar-refractivity contribution in [2.75, 3.05) is 51.6 Å². The van der Waals surface area contributed by atoms with Crippen molar-refractivity contribution in [1.82, 2.24) is 19.5 Å². The first kappa shape index (κ1) is 33.8. The predicted octanol–water partition coefficient (Wildman–Crippen LogP) is -1.47. The van der Waals surface area contributed by atoms with Gasteiger partial charge in [-0.05, 0) is 57.5 Å². The van der Waals surface area contributed by atoms with Crippen LogP contribution >= 0.6 is 23.8 Å². The molecule has 2 aromatic heterocycles. The molecular weight excluding hydrogens is 569 g/mol. The number of fused-ring (bicyclic) bond motifs is 1. The van der Waals surface area contributed by atoms with E-state index < -0.39 is 32.9 Å². The second kappa shape index (κ2) is 16.7. The molecule has 5 N–H and O–H groups in total. The smallest absolute Gasteiger partial charge is 0.181 e. The van der Waals surface area contributed by atoms with Gasteiger partial charge in [-0.2, -0.15) is 0 Å². The number of aromatic nitrogens is 4. The maximum atomic E-state index is 10.5. The summed E-state index contributed by atoms with van der Waals surface area (Å²) in [4.78, 5) is 36.5. The van der Waals surface area contributed by atoms with E-state index in [4.69, 9.17) is 10.5 Å². The highest BCUT2D eigenvalue weighted by Gasteiger charge is 2.37. The number of imidazole rings is 1. The Morgan fingerprint density at radius 1 is 1.11 bits per heavy atom. The summed E-state index contributed by atoms with van der Waals surface area (Å²) in [7, 11) is -5.14. The number of nitrogen functional groups attached to an aromatic ring is 1. The molecule has 3 heterocycles. The second-order valence-electron chi connectivity index (χ2n) is 8.48. The van der Waals surface area contributed by atoms with E-state index in [0.29, 0.717) is 15.9 Å². The molecule has 1 fully saturated rings. The molecule has 0 bridgehead atoms. The molecule has 15 heteroatoms. The summed E-state index contributed by atoms with van der Waals surface area (Å²) in [6, 6.07) is 0. The number of quaternary nitrogens is 2. The molecule has 1 aliphatic rings. The summed E-state index contributed by atoms with van der Waals surface area (Å²) in [5.41, 5.74) is 6.48. The van der Waals surface area contributed by atoms with Crippen LogP contribution in [0.4, 0.5) is 5.82 Å². The molecule has 0 unspecified atom stereocenters. The lowest BCUT2D eigenvalue weighted by Crippen LogP contribution is -3.11. The molecule has 0 aliphatic carbocycles. The molecule has 214 valence electrons. The van der Waals surface area contributed by atoms with Gasteiger partial charge in [-0.3, -0.25) is 4.57 Å². The van der Waals surface area contributed by atoms with Gasteiger partial charge in [0.15, 0.2) is 21.7 Å². The number of aliphatic hydroxyl groups excluding tert-OH is 1. The van der Waals surface area contributed by atoms with Crippen LogP contribution in [0.5, 0.6) is 0 Å². The van der Waals surface area contributed by atoms with Crippen molar-refractivity contribution in [2.24, 2.45) is 0 Å². The lowest BCUT2D eigenvalue weighted by Gasteiger charge is -2.30. The fourth-order valence-corrected chi connectivity index (χ4v) is 4.75. The summed E-state index contributed by atoms with van der Waals surface area (Å²) in [5, 5.41) is 9.97. The predicted molar refractivity (Wildman–Crippen MR) is 141 cm³/mol. The molecule has 1 aliphatic heterocycles. The first-order valence-corrected chi connectivity index (χ1v) is 15.0. The van der Waals surface area contributed by atoms with Crippen LogP contribution in [0.25, 0.3) is 11.2 Å². The van der Waals surface area contributed by atoms with Gasteiger partial charge in [-0.15, -0.1) is 0 Å². The lowest BCUT2D eigenvalue weighted by atomic mass is 10.2. The molecule has 0 saturated carbocycles. The SMILES string of the molecule is CC[NH+](CC)CC.CC[NH+](CC)CC.Nc1ncnc2c1nc(Br)n2[C@H]1C[C@@H](O)[C@@H](COP(=O)([O-])[O-])O1. The Morgan fingerprint density at radius 3 is 2.05 bits per heavy atom. The van der Waals surface area contributed by atoms with Crippen LogP contribution in [0.3, 0.4) is 0 Å². The maximum Gasteiger partial charge on any atom is 0.181 e. The van der Waals surface area contributed by atoms with E-state index in [1.165, 1.54) is 45.6 Å². The summed E-state index contributed by atoms with van der Waals surface area (Å²) in [5.74, 6) is 0.187. The van der Waals surface area contributed by atoms with Crippen LogP contribution in [0.2, 0.25) is 0 Å². The maximum absolute atomic E-state index is 10.5. The fourth-order valence-electron chi connectivity index (χ4n) is 3.84. The third-order valence-corrected chi connectivity index (χ3v) is 7.38. The van der Waals surface area contributed by atoms with Gasteiger partial charge in [-0.1, -0.05) is 0 Å². The number of ether oxygens (including phenoxy) is 1. The van der Waals surface area contributed by atoms with E-state index >= 15 is 0 Å². The molecule has 0 aromatic carbocycles. The number of hydrogen-bond donors (Lipinski definition) is 4. The average Bonchev–Trinajstić information content (AvgIpc) is 3.39. The first-order valence-electron chi connectivity index (χ1n) is 12.8. The molecule has 0 amide bonds. The summed E-state index contributed by atoms with van der Waals surface area (Å²) < 4.78 is 22.2. The van der Waals surface area contributed by atoms with Gasteiger partial charge in [0.05, 0.1) is 59.8 Å². The molecule has 0 spiro atoms. The van der Waals surface area contributed by atoms with Gasteiger partial charge >= 0.3 is 0 Å². The van der Waals surface area contributed by atoms with Crippen LogP contribution in [0, 0.1) is 0 Å². The molecule has 2 aromatic rings. The number of nitrogens with two attached hydrogens (primary N) is 1. The van der Waals surface area contributed by atoms with Crippen molar-refractivity contribution in [3.63, 3.8) is 0 Å². The Morgan fingerprint density at radius 2 is 1.62 bits per heavy atom. The summed E-state index contributed by atoms with van der Waals surface area (Å²) in [6.07, 6.45) is -1.29. The van der Waals surface area contributed by atoms with Crippen LogP contribution < -0.4 is 25.3 Å². The van der Waals surface area contributed by atoms with Gasteiger partial charge in [0, 0.05) is 6.42 Å². The van der Waals surface area contributed by atoms with Gasteiger partial charge in [0.2, 0.25) is 0 Å². The Hall–Kier alpha value is -1.22. The third-order valence-electron chi connectivity index (χ3n) is 6.35. The standard InChI is InChI=1S/C10H13BrN5O6P.2C6H15N/c11-10-15-7-8(12)13-3-14-9(7)16(10)6-1-4(17)5(22-6)2-21-23(18,19)20;2*1-4-7(5-2)6-3/h3-6,17H,1-2H2,(H2,12,13,14)(H2,18,19,20);2*4-6H2,1-3H3/t4-,5-,6-;;/m1../s1. The fraction of sp³-hybridized carbons (Fsp3) is 0.773. The number of aliphatic hydroxyl groups is 1. The van der Waals surface area contributed by atoms with Crippen LogP contribution in [-0.2, 0) is 13.8 Å². The van der Waals surface area contributed by atoms with Crippen LogP contribution in [0.1, 0.15) is 54.2 Å². The number of phosphoric acid groups is 1. The van der Waals surface area contributed by atoms with Crippen LogP contribution in [0.15, 0.2) is 11.1 Å². The number of phosphoric ester groups is 1. The minimum atomic E-state index is -5.14. The topological polar surface area (TPSA) is 180 Å². The number of hydrogen-bond acceptors (Lipinski definition) is 10. The Labute approximate surface area is 227 Å². The van der Waals surface area contributed by atoms with Crippen molar-refractivity contribution in [3.8, 4) is 0 Å². The zero-order chi connectivity index (χ0) is 28.2. The highest BCUT2D eigenvalue weighted by Crippen LogP contribution is 2.36. The normalized spacial score (nSPS) is 19.6. The monoisotopic (exact) mass is 611 g/mol. The van der Waals surface area contributed by atoms with Crippen molar-refractivity contribution in [3.05, 3.63) is 11.1 Å². The number of nitrogens with one attached hydrogen (secondary N) is 2. The molecule has 3 atom stereocenters. The zero-order valence-corrected chi connectivity index (χ0v) is 25.1. The van der Waals surface area contributed by atoms with E-state index in [1.807, 2.05) is 0 Å².